The van der Waals surface area contributed by atoms with Gasteiger partial charge >= 0.3 is 0 Å². The zero-order valence-corrected chi connectivity index (χ0v) is 12.4. The molecule has 1 saturated heterocycles. The van der Waals surface area contributed by atoms with Crippen molar-refractivity contribution in [2.45, 2.75) is 57.9 Å². The van der Waals surface area contributed by atoms with Crippen LogP contribution in [0.1, 0.15) is 51.9 Å². The van der Waals surface area contributed by atoms with E-state index in [1.165, 1.54) is 51.5 Å². The van der Waals surface area contributed by atoms with Crippen LogP contribution in [0.4, 0.5) is 0 Å². The summed E-state index contributed by atoms with van der Waals surface area (Å²) in [6.45, 7) is 7.51. The molecule has 1 atom stereocenters. The van der Waals surface area contributed by atoms with E-state index in [0.29, 0.717) is 6.04 Å². The minimum atomic E-state index is 0.587. The molecule has 0 bridgehead atoms. The predicted molar refractivity (Wildman–Crippen MR) is 78.1 cm³/mol. The Bertz CT molecular complexity index is 185. The fourth-order valence-electron chi connectivity index (χ4n) is 2.68. The van der Waals surface area contributed by atoms with Crippen LogP contribution in [0.25, 0.3) is 0 Å². The molecule has 108 valence electrons. The topological polar surface area (TPSA) is 24.5 Å². The van der Waals surface area contributed by atoms with Gasteiger partial charge in [-0.25, -0.2) is 0 Å². The van der Waals surface area contributed by atoms with E-state index in [1.54, 1.807) is 0 Å². The Hall–Kier alpha value is -0.120. The third-order valence-corrected chi connectivity index (χ3v) is 3.84. The highest BCUT2D eigenvalue weighted by Crippen LogP contribution is 2.11. The quantitative estimate of drug-likeness (QED) is 0.608. The summed E-state index contributed by atoms with van der Waals surface area (Å²) in [5, 5.41) is 3.27. The van der Waals surface area contributed by atoms with Crippen molar-refractivity contribution in [2.24, 2.45) is 0 Å². The van der Waals surface area contributed by atoms with Crippen LogP contribution in [-0.2, 0) is 4.74 Å². The van der Waals surface area contributed by atoms with E-state index in [1.807, 2.05) is 7.05 Å². The smallest absolute Gasteiger partial charge is 0.0634 e. The molecule has 1 N–H and O–H groups in total. The molecular weight excluding hydrogens is 224 g/mol. The summed E-state index contributed by atoms with van der Waals surface area (Å²) in [5.41, 5.74) is 0. The molecule has 0 saturated carbocycles. The standard InChI is InChI=1S/C15H32N2O/c1-3-4-5-6-7-8-9-10-17-11-12-18-14-15(17)13-16-2/h15-16H,3-14H2,1-2H3. The molecule has 0 radical (unpaired) electrons. The number of unbranched alkanes of at least 4 members (excludes halogenated alkanes) is 6. The largest absolute Gasteiger partial charge is 0.378 e. The molecule has 3 heteroatoms. The van der Waals surface area contributed by atoms with Gasteiger partial charge in [0.25, 0.3) is 0 Å². The van der Waals surface area contributed by atoms with E-state index in [4.69, 9.17) is 4.74 Å². The van der Waals surface area contributed by atoms with Gasteiger partial charge in [-0.2, -0.15) is 0 Å². The van der Waals surface area contributed by atoms with Gasteiger partial charge in [-0.05, 0) is 20.0 Å². The summed E-state index contributed by atoms with van der Waals surface area (Å²) in [7, 11) is 2.03. The highest BCUT2D eigenvalue weighted by Gasteiger charge is 2.21. The molecule has 0 aromatic heterocycles. The zero-order chi connectivity index (χ0) is 13.1. The maximum Gasteiger partial charge on any atom is 0.0634 e. The molecule has 1 aliphatic heterocycles. The maximum absolute atomic E-state index is 5.55. The van der Waals surface area contributed by atoms with Crippen LogP contribution in [-0.4, -0.2) is 50.8 Å². The second kappa shape index (κ2) is 10.8. The van der Waals surface area contributed by atoms with Crippen LogP contribution in [0.2, 0.25) is 0 Å². The average molecular weight is 256 g/mol. The first-order valence-corrected chi connectivity index (χ1v) is 7.85. The van der Waals surface area contributed by atoms with Crippen LogP contribution in [0.3, 0.4) is 0 Å². The van der Waals surface area contributed by atoms with E-state index in [0.717, 1.165) is 26.3 Å². The van der Waals surface area contributed by atoms with Gasteiger partial charge in [0.1, 0.15) is 0 Å². The lowest BCUT2D eigenvalue weighted by molar-refractivity contribution is -0.00681. The van der Waals surface area contributed by atoms with Crippen molar-refractivity contribution in [1.82, 2.24) is 10.2 Å². The van der Waals surface area contributed by atoms with E-state index in [9.17, 15) is 0 Å². The maximum atomic E-state index is 5.55. The lowest BCUT2D eigenvalue weighted by Crippen LogP contribution is -2.50. The lowest BCUT2D eigenvalue weighted by atomic mass is 10.1. The molecule has 0 aromatic rings. The van der Waals surface area contributed by atoms with Crippen molar-refractivity contribution in [3.05, 3.63) is 0 Å². The molecule has 0 aliphatic carbocycles. The highest BCUT2D eigenvalue weighted by atomic mass is 16.5. The van der Waals surface area contributed by atoms with Gasteiger partial charge in [-0.1, -0.05) is 45.4 Å². The van der Waals surface area contributed by atoms with E-state index in [-0.39, 0.29) is 0 Å². The van der Waals surface area contributed by atoms with Gasteiger partial charge in [0.2, 0.25) is 0 Å². The molecular formula is C15H32N2O. The van der Waals surface area contributed by atoms with Crippen LogP contribution in [0, 0.1) is 0 Å². The third-order valence-electron chi connectivity index (χ3n) is 3.84. The second-order valence-electron chi connectivity index (χ2n) is 5.44. The van der Waals surface area contributed by atoms with Crippen LogP contribution >= 0.6 is 0 Å². The fourth-order valence-corrected chi connectivity index (χ4v) is 2.68. The summed E-state index contributed by atoms with van der Waals surface area (Å²) in [5.74, 6) is 0. The van der Waals surface area contributed by atoms with E-state index >= 15 is 0 Å². The first-order valence-electron chi connectivity index (χ1n) is 7.85. The van der Waals surface area contributed by atoms with E-state index in [2.05, 4.69) is 17.1 Å². The second-order valence-corrected chi connectivity index (χ2v) is 5.44. The monoisotopic (exact) mass is 256 g/mol. The molecule has 3 nitrogen and oxygen atoms in total. The summed E-state index contributed by atoms with van der Waals surface area (Å²) in [6.07, 6.45) is 9.78. The Morgan fingerprint density at radius 1 is 1.11 bits per heavy atom. The van der Waals surface area contributed by atoms with Crippen LogP contribution in [0.15, 0.2) is 0 Å². The van der Waals surface area contributed by atoms with Crippen molar-refractivity contribution in [3.63, 3.8) is 0 Å². The van der Waals surface area contributed by atoms with Crippen LogP contribution < -0.4 is 5.32 Å². The van der Waals surface area contributed by atoms with Gasteiger partial charge in [-0.3, -0.25) is 4.90 Å². The van der Waals surface area contributed by atoms with Gasteiger partial charge in [0, 0.05) is 19.1 Å². The summed E-state index contributed by atoms with van der Waals surface area (Å²) >= 11 is 0. The Morgan fingerprint density at radius 3 is 2.56 bits per heavy atom. The van der Waals surface area contributed by atoms with Crippen LogP contribution in [0.5, 0.6) is 0 Å². The Kier molecular flexibility index (Phi) is 9.54. The zero-order valence-electron chi connectivity index (χ0n) is 12.4. The normalized spacial score (nSPS) is 21.3. The van der Waals surface area contributed by atoms with Gasteiger partial charge in [-0.15, -0.1) is 0 Å². The minimum Gasteiger partial charge on any atom is -0.378 e. The lowest BCUT2D eigenvalue weighted by Gasteiger charge is -2.35. The van der Waals surface area contributed by atoms with Crippen molar-refractivity contribution in [1.29, 1.82) is 0 Å². The molecule has 0 amide bonds. The average Bonchev–Trinajstić information content (AvgIpc) is 2.40. The molecule has 18 heavy (non-hydrogen) atoms. The van der Waals surface area contributed by atoms with Crippen molar-refractivity contribution in [2.75, 3.05) is 39.9 Å². The molecule has 0 aromatic carbocycles. The Balaban J connectivity index is 2.02. The number of morpholine rings is 1. The first-order chi connectivity index (χ1) is 8.88. The Labute approximate surface area is 113 Å². The first kappa shape index (κ1) is 15.9. The number of rotatable bonds is 10. The van der Waals surface area contributed by atoms with Crippen molar-refractivity contribution < 1.29 is 4.74 Å². The number of hydrogen-bond acceptors (Lipinski definition) is 3. The van der Waals surface area contributed by atoms with Crippen molar-refractivity contribution >= 4 is 0 Å². The van der Waals surface area contributed by atoms with Gasteiger partial charge < -0.3 is 10.1 Å². The summed E-state index contributed by atoms with van der Waals surface area (Å²) < 4.78 is 5.55. The molecule has 1 fully saturated rings. The van der Waals surface area contributed by atoms with E-state index < -0.39 is 0 Å². The van der Waals surface area contributed by atoms with Gasteiger partial charge in [0.15, 0.2) is 0 Å². The van der Waals surface area contributed by atoms with Crippen molar-refractivity contribution in [3.8, 4) is 0 Å². The number of nitrogens with one attached hydrogen (secondary N) is 1. The number of likely N-dealkylation sites (N-methyl/N-ethyl adjacent to an activating group) is 1. The molecule has 1 heterocycles. The summed E-state index contributed by atoms with van der Waals surface area (Å²) in [6, 6.07) is 0.587. The molecule has 1 rings (SSSR count). The molecule has 0 spiro atoms. The Morgan fingerprint density at radius 2 is 1.83 bits per heavy atom. The van der Waals surface area contributed by atoms with Gasteiger partial charge in [0.05, 0.1) is 13.2 Å². The number of nitrogens with zero attached hydrogens (tertiary/aromatic N) is 1. The highest BCUT2D eigenvalue weighted by molar-refractivity contribution is 4.76. The number of ether oxygens (including phenoxy) is 1. The predicted octanol–water partition coefficient (Wildman–Crippen LogP) is 2.66. The SMILES string of the molecule is CCCCCCCCCN1CCOCC1CNC. The summed E-state index contributed by atoms with van der Waals surface area (Å²) in [4.78, 5) is 2.60. The molecule has 1 unspecified atom stereocenters. The fraction of sp³-hybridized carbons (Fsp3) is 1.00. The minimum absolute atomic E-state index is 0.587. The molecule has 1 aliphatic rings. The number of hydrogen-bond donors (Lipinski definition) is 1. The third kappa shape index (κ3) is 6.72.